The summed E-state index contributed by atoms with van der Waals surface area (Å²) < 4.78 is 0. The molecule has 0 spiro atoms. The van der Waals surface area contributed by atoms with Gasteiger partial charge in [-0.15, -0.1) is 0 Å². The molecule has 2 aromatic rings. The number of H-pyrrole nitrogens is 1. The minimum atomic E-state index is 0.219. The zero-order chi connectivity index (χ0) is 11.5. The average Bonchev–Trinajstić information content (AvgIpc) is 2.83. The molecule has 2 heterocycles. The van der Waals surface area contributed by atoms with E-state index in [0.717, 1.165) is 28.9 Å². The third-order valence-electron chi connectivity index (χ3n) is 2.51. The first-order valence-electron chi connectivity index (χ1n) is 5.08. The van der Waals surface area contributed by atoms with Gasteiger partial charge in [0.15, 0.2) is 0 Å². The molecule has 0 unspecified atom stereocenters. The number of hydrogen-bond acceptors (Lipinski definition) is 3. The molecule has 0 aliphatic carbocycles. The molecule has 0 amide bonds. The van der Waals surface area contributed by atoms with E-state index in [9.17, 15) is 0 Å². The molecular weight excluding hydrogens is 220 g/mol. The number of nitrogens with two attached hydrogens (primary N) is 1. The second-order valence-electron chi connectivity index (χ2n) is 3.71. The minimum absolute atomic E-state index is 0.219. The molecular formula is C11H14N4S. The summed E-state index contributed by atoms with van der Waals surface area (Å²) >= 11 is 1.66. The molecule has 4 N–H and O–H groups in total. The second-order valence-corrected chi connectivity index (χ2v) is 4.49. The van der Waals surface area contributed by atoms with E-state index in [2.05, 4.69) is 21.6 Å². The lowest BCUT2D eigenvalue weighted by Crippen LogP contribution is -2.10. The van der Waals surface area contributed by atoms with Crippen molar-refractivity contribution in [1.29, 1.82) is 5.41 Å². The summed E-state index contributed by atoms with van der Waals surface area (Å²) in [7, 11) is 0. The Morgan fingerprint density at radius 1 is 1.62 bits per heavy atom. The van der Waals surface area contributed by atoms with Gasteiger partial charge in [-0.3, -0.25) is 10.5 Å². The molecule has 0 aromatic carbocycles. The van der Waals surface area contributed by atoms with Crippen molar-refractivity contribution >= 4 is 17.2 Å². The van der Waals surface area contributed by atoms with Crippen LogP contribution in [0.3, 0.4) is 0 Å². The van der Waals surface area contributed by atoms with Crippen molar-refractivity contribution in [2.24, 2.45) is 5.73 Å². The number of nitrogens with zero attached hydrogens (tertiary/aromatic N) is 1. The third-order valence-corrected chi connectivity index (χ3v) is 3.20. The highest BCUT2D eigenvalue weighted by Crippen LogP contribution is 2.26. The van der Waals surface area contributed by atoms with Crippen LogP contribution in [-0.2, 0) is 6.42 Å². The Morgan fingerprint density at radius 3 is 3.06 bits per heavy atom. The first kappa shape index (κ1) is 10.9. The third kappa shape index (κ3) is 2.14. The second kappa shape index (κ2) is 4.49. The molecule has 0 saturated heterocycles. The molecule has 4 nitrogen and oxygen atoms in total. The van der Waals surface area contributed by atoms with Crippen LogP contribution in [-0.4, -0.2) is 16.0 Å². The summed E-state index contributed by atoms with van der Waals surface area (Å²) in [6.45, 7) is 2.00. The molecule has 84 valence electrons. The van der Waals surface area contributed by atoms with Crippen molar-refractivity contribution in [2.45, 2.75) is 19.8 Å². The van der Waals surface area contributed by atoms with Crippen LogP contribution in [0.2, 0.25) is 0 Å². The van der Waals surface area contributed by atoms with E-state index in [-0.39, 0.29) is 5.84 Å². The minimum Gasteiger partial charge on any atom is -0.388 e. The van der Waals surface area contributed by atoms with E-state index in [1.54, 1.807) is 11.3 Å². The normalized spacial score (nSPS) is 10.6. The van der Waals surface area contributed by atoms with E-state index in [1.165, 1.54) is 0 Å². The fourth-order valence-electron chi connectivity index (χ4n) is 1.66. The number of aromatic nitrogens is 2. The van der Waals surface area contributed by atoms with Crippen molar-refractivity contribution in [3.8, 4) is 11.3 Å². The molecule has 2 aromatic heterocycles. The van der Waals surface area contributed by atoms with Crippen LogP contribution in [0.5, 0.6) is 0 Å². The fraction of sp³-hybridized carbons (Fsp3) is 0.273. The van der Waals surface area contributed by atoms with Crippen molar-refractivity contribution in [1.82, 2.24) is 10.2 Å². The van der Waals surface area contributed by atoms with Gasteiger partial charge in [0.25, 0.3) is 0 Å². The summed E-state index contributed by atoms with van der Waals surface area (Å²) in [5.74, 6) is 0.219. The molecule has 0 radical (unpaired) electrons. The van der Waals surface area contributed by atoms with E-state index in [0.29, 0.717) is 6.42 Å². The van der Waals surface area contributed by atoms with Crippen molar-refractivity contribution in [3.05, 3.63) is 28.1 Å². The van der Waals surface area contributed by atoms with Gasteiger partial charge in [0.05, 0.1) is 11.5 Å². The monoisotopic (exact) mass is 234 g/mol. The predicted molar refractivity (Wildman–Crippen MR) is 66.9 cm³/mol. The van der Waals surface area contributed by atoms with Crippen LogP contribution in [0.1, 0.15) is 17.7 Å². The summed E-state index contributed by atoms with van der Waals surface area (Å²) in [4.78, 5) is 0. The Labute approximate surface area is 98.0 Å². The number of aryl methyl sites for hydroxylation is 1. The molecule has 0 aliphatic heterocycles. The Balaban J connectivity index is 2.29. The quantitative estimate of drug-likeness (QED) is 0.560. The van der Waals surface area contributed by atoms with Crippen LogP contribution in [0.4, 0.5) is 0 Å². The van der Waals surface area contributed by atoms with E-state index in [4.69, 9.17) is 11.1 Å². The molecule has 16 heavy (non-hydrogen) atoms. The summed E-state index contributed by atoms with van der Waals surface area (Å²) in [5.41, 5.74) is 9.72. The first-order chi connectivity index (χ1) is 7.68. The SMILES string of the molecule is Cc1[nH]nc(-c2ccsc2)c1CCC(=N)N. The zero-order valence-electron chi connectivity index (χ0n) is 9.08. The highest BCUT2D eigenvalue weighted by molar-refractivity contribution is 7.08. The lowest BCUT2D eigenvalue weighted by atomic mass is 10.0. The Hall–Kier alpha value is -1.62. The first-order valence-corrected chi connectivity index (χ1v) is 6.02. The van der Waals surface area contributed by atoms with Gasteiger partial charge in [0.1, 0.15) is 0 Å². The maximum atomic E-state index is 7.26. The van der Waals surface area contributed by atoms with E-state index >= 15 is 0 Å². The maximum absolute atomic E-state index is 7.26. The predicted octanol–water partition coefficient (Wildman–Crippen LogP) is 2.32. The Morgan fingerprint density at radius 2 is 2.44 bits per heavy atom. The molecule has 0 fully saturated rings. The van der Waals surface area contributed by atoms with Crippen molar-refractivity contribution < 1.29 is 0 Å². The Bertz CT molecular complexity index is 484. The smallest absolute Gasteiger partial charge is 0.0963 e. The molecule has 0 saturated carbocycles. The van der Waals surface area contributed by atoms with E-state index in [1.807, 2.05) is 12.3 Å². The number of rotatable bonds is 4. The number of hydrogen-bond donors (Lipinski definition) is 3. The van der Waals surface area contributed by atoms with Crippen molar-refractivity contribution in [2.75, 3.05) is 0 Å². The van der Waals surface area contributed by atoms with Gasteiger partial charge in [0.2, 0.25) is 0 Å². The Kier molecular flexibility index (Phi) is 3.05. The lowest BCUT2D eigenvalue weighted by Gasteiger charge is -2.01. The zero-order valence-corrected chi connectivity index (χ0v) is 9.90. The van der Waals surface area contributed by atoms with Gasteiger partial charge in [-0.2, -0.15) is 16.4 Å². The molecule has 0 atom stereocenters. The van der Waals surface area contributed by atoms with Gasteiger partial charge in [-0.1, -0.05) is 0 Å². The topological polar surface area (TPSA) is 78.5 Å². The molecule has 5 heteroatoms. The van der Waals surface area contributed by atoms with E-state index < -0.39 is 0 Å². The van der Waals surface area contributed by atoms with Crippen LogP contribution >= 0.6 is 11.3 Å². The number of thiophene rings is 1. The van der Waals surface area contributed by atoms with Gasteiger partial charge in [0, 0.05) is 28.6 Å². The van der Waals surface area contributed by atoms with Gasteiger partial charge in [-0.05, 0) is 24.8 Å². The van der Waals surface area contributed by atoms with Gasteiger partial charge >= 0.3 is 0 Å². The average molecular weight is 234 g/mol. The van der Waals surface area contributed by atoms with Crippen LogP contribution < -0.4 is 5.73 Å². The summed E-state index contributed by atoms with van der Waals surface area (Å²) in [6, 6.07) is 2.05. The molecule has 0 aliphatic rings. The molecule has 2 rings (SSSR count). The fourth-order valence-corrected chi connectivity index (χ4v) is 2.30. The maximum Gasteiger partial charge on any atom is 0.0963 e. The standard InChI is InChI=1S/C11H14N4S/c1-7-9(2-3-10(12)13)11(15-14-7)8-4-5-16-6-8/h4-6H,2-3H2,1H3,(H3,12,13)(H,14,15). The number of nitrogens with one attached hydrogen (secondary N) is 2. The van der Waals surface area contributed by atoms with Crippen molar-refractivity contribution in [3.63, 3.8) is 0 Å². The van der Waals surface area contributed by atoms with Gasteiger partial charge in [-0.25, -0.2) is 0 Å². The molecule has 0 bridgehead atoms. The largest absolute Gasteiger partial charge is 0.388 e. The summed E-state index contributed by atoms with van der Waals surface area (Å²) in [5, 5.41) is 18.7. The summed E-state index contributed by atoms with van der Waals surface area (Å²) in [6.07, 6.45) is 1.35. The van der Waals surface area contributed by atoms with Gasteiger partial charge < -0.3 is 5.73 Å². The number of amidine groups is 1. The lowest BCUT2D eigenvalue weighted by molar-refractivity contribution is 0.997. The van der Waals surface area contributed by atoms with Crippen LogP contribution in [0.25, 0.3) is 11.3 Å². The highest BCUT2D eigenvalue weighted by atomic mass is 32.1. The number of aromatic amines is 1. The highest BCUT2D eigenvalue weighted by Gasteiger charge is 2.12. The van der Waals surface area contributed by atoms with Crippen LogP contribution in [0.15, 0.2) is 16.8 Å². The van der Waals surface area contributed by atoms with Crippen LogP contribution in [0, 0.1) is 12.3 Å².